The van der Waals surface area contributed by atoms with E-state index >= 15 is 0 Å². The average molecular weight is 237 g/mol. The third-order valence-corrected chi connectivity index (χ3v) is 3.08. The van der Waals surface area contributed by atoms with E-state index in [0.717, 1.165) is 24.1 Å². The molecule has 4 heteroatoms. The van der Waals surface area contributed by atoms with Crippen molar-refractivity contribution in [3.63, 3.8) is 0 Å². The molecule has 0 aliphatic heterocycles. The van der Waals surface area contributed by atoms with E-state index in [4.69, 9.17) is 4.74 Å². The molecular formula is C13H23N3O. The van der Waals surface area contributed by atoms with Gasteiger partial charge in [-0.3, -0.25) is 0 Å². The maximum atomic E-state index is 5.54. The molecule has 1 heterocycles. The van der Waals surface area contributed by atoms with Crippen molar-refractivity contribution < 1.29 is 4.74 Å². The summed E-state index contributed by atoms with van der Waals surface area (Å²) >= 11 is 0. The number of ether oxygens (including phenoxy) is 1. The van der Waals surface area contributed by atoms with E-state index in [0.29, 0.717) is 0 Å². The van der Waals surface area contributed by atoms with Crippen molar-refractivity contribution in [1.29, 1.82) is 0 Å². The molecule has 1 aliphatic carbocycles. The summed E-state index contributed by atoms with van der Waals surface area (Å²) in [4.78, 5) is 7.79. The Balaban J connectivity index is 1.99. The van der Waals surface area contributed by atoms with Gasteiger partial charge in [0, 0.05) is 31.6 Å². The first-order valence-corrected chi connectivity index (χ1v) is 6.30. The number of nitrogens with one attached hydrogen (secondary N) is 2. The molecule has 1 saturated carbocycles. The minimum absolute atomic E-state index is 0.0113. The van der Waals surface area contributed by atoms with Gasteiger partial charge in [-0.05, 0) is 18.3 Å². The summed E-state index contributed by atoms with van der Waals surface area (Å²) in [5.74, 6) is 0.924. The van der Waals surface area contributed by atoms with Gasteiger partial charge in [0.15, 0.2) is 0 Å². The van der Waals surface area contributed by atoms with Crippen LogP contribution >= 0.6 is 0 Å². The molecule has 1 fully saturated rings. The Bertz CT molecular complexity index is 363. The summed E-state index contributed by atoms with van der Waals surface area (Å²) in [5, 5.41) is 3.47. The fourth-order valence-corrected chi connectivity index (χ4v) is 2.02. The van der Waals surface area contributed by atoms with Crippen LogP contribution in [0.2, 0.25) is 0 Å². The molecule has 96 valence electrons. The fourth-order valence-electron chi connectivity index (χ4n) is 2.02. The van der Waals surface area contributed by atoms with Crippen LogP contribution in [0.4, 0.5) is 0 Å². The molecule has 17 heavy (non-hydrogen) atoms. The number of nitrogens with zero attached hydrogens (tertiary/aromatic N) is 1. The van der Waals surface area contributed by atoms with Crippen LogP contribution in [0.3, 0.4) is 0 Å². The summed E-state index contributed by atoms with van der Waals surface area (Å²) in [6, 6.07) is 0.725. The molecule has 0 bridgehead atoms. The number of rotatable bonds is 5. The fraction of sp³-hybridized carbons (Fsp3) is 0.769. The highest BCUT2D eigenvalue weighted by Crippen LogP contribution is 2.33. The van der Waals surface area contributed by atoms with Gasteiger partial charge in [0.1, 0.15) is 11.9 Å². The van der Waals surface area contributed by atoms with E-state index in [2.05, 4.69) is 36.1 Å². The molecule has 0 amide bonds. The largest absolute Gasteiger partial charge is 0.373 e. The van der Waals surface area contributed by atoms with Crippen molar-refractivity contribution >= 4 is 0 Å². The van der Waals surface area contributed by atoms with E-state index in [1.165, 1.54) is 12.8 Å². The molecule has 0 spiro atoms. The zero-order valence-corrected chi connectivity index (χ0v) is 11.2. The van der Waals surface area contributed by atoms with Gasteiger partial charge in [0.2, 0.25) is 0 Å². The van der Waals surface area contributed by atoms with Gasteiger partial charge < -0.3 is 15.0 Å². The zero-order chi connectivity index (χ0) is 12.5. The summed E-state index contributed by atoms with van der Waals surface area (Å²) in [7, 11) is 1.74. The second-order valence-electron chi connectivity index (χ2n) is 5.93. The van der Waals surface area contributed by atoms with Crippen LogP contribution in [0.25, 0.3) is 0 Å². The van der Waals surface area contributed by atoms with Crippen LogP contribution in [-0.4, -0.2) is 23.1 Å². The number of aromatic amines is 1. The second-order valence-corrected chi connectivity index (χ2v) is 5.93. The molecule has 1 unspecified atom stereocenters. The second kappa shape index (κ2) is 4.78. The van der Waals surface area contributed by atoms with Gasteiger partial charge in [0.25, 0.3) is 0 Å². The lowest BCUT2D eigenvalue weighted by Gasteiger charge is -2.27. The Morgan fingerprint density at radius 2 is 2.24 bits per heavy atom. The normalized spacial score (nSPS) is 18.4. The van der Waals surface area contributed by atoms with Gasteiger partial charge in [-0.2, -0.15) is 0 Å². The Kier molecular flexibility index (Phi) is 3.54. The molecule has 1 aliphatic rings. The zero-order valence-electron chi connectivity index (χ0n) is 11.2. The summed E-state index contributed by atoms with van der Waals surface area (Å²) < 4.78 is 5.54. The van der Waals surface area contributed by atoms with E-state index in [1.807, 2.05) is 6.20 Å². The number of H-pyrrole nitrogens is 1. The molecule has 2 N–H and O–H groups in total. The van der Waals surface area contributed by atoms with Crippen molar-refractivity contribution in [2.45, 2.75) is 52.3 Å². The number of hydrogen-bond acceptors (Lipinski definition) is 3. The third-order valence-electron chi connectivity index (χ3n) is 3.08. The molecule has 4 nitrogen and oxygen atoms in total. The van der Waals surface area contributed by atoms with Crippen LogP contribution in [0, 0.1) is 5.41 Å². The highest BCUT2D eigenvalue weighted by molar-refractivity contribution is 5.06. The summed E-state index contributed by atoms with van der Waals surface area (Å²) in [6.07, 6.45) is 4.53. The number of hydrogen-bond donors (Lipinski definition) is 2. The topological polar surface area (TPSA) is 49.9 Å². The quantitative estimate of drug-likeness (QED) is 0.826. The van der Waals surface area contributed by atoms with Crippen molar-refractivity contribution in [2.75, 3.05) is 7.11 Å². The first-order valence-electron chi connectivity index (χ1n) is 6.30. The van der Waals surface area contributed by atoms with Crippen LogP contribution in [-0.2, 0) is 11.3 Å². The molecule has 1 aromatic heterocycles. The van der Waals surface area contributed by atoms with Gasteiger partial charge in [-0.1, -0.05) is 20.8 Å². The van der Waals surface area contributed by atoms with E-state index < -0.39 is 0 Å². The summed E-state index contributed by atoms with van der Waals surface area (Å²) in [5.41, 5.74) is 1.19. The van der Waals surface area contributed by atoms with Crippen LogP contribution in [0.15, 0.2) is 6.20 Å². The maximum absolute atomic E-state index is 5.54. The van der Waals surface area contributed by atoms with E-state index in [9.17, 15) is 0 Å². The third kappa shape index (κ3) is 3.30. The first kappa shape index (κ1) is 12.6. The van der Waals surface area contributed by atoms with Gasteiger partial charge in [0.05, 0.1) is 0 Å². The monoisotopic (exact) mass is 237 g/mol. The maximum Gasteiger partial charge on any atom is 0.136 e. The van der Waals surface area contributed by atoms with Gasteiger partial charge in [-0.25, -0.2) is 4.98 Å². The Hall–Kier alpha value is -0.870. The summed E-state index contributed by atoms with van der Waals surface area (Å²) in [6.45, 7) is 7.35. The van der Waals surface area contributed by atoms with Crippen molar-refractivity contribution in [3.8, 4) is 0 Å². The molecule has 0 radical (unpaired) electrons. The first-order chi connectivity index (χ1) is 8.00. The van der Waals surface area contributed by atoms with Crippen molar-refractivity contribution in [2.24, 2.45) is 5.41 Å². The highest BCUT2D eigenvalue weighted by atomic mass is 16.5. The van der Waals surface area contributed by atoms with Crippen LogP contribution in [0.5, 0.6) is 0 Å². The number of methoxy groups -OCH3 is 1. The van der Waals surface area contributed by atoms with Crippen molar-refractivity contribution in [1.82, 2.24) is 15.3 Å². The van der Waals surface area contributed by atoms with Gasteiger partial charge in [-0.15, -0.1) is 0 Å². The lowest BCUT2D eigenvalue weighted by Crippen LogP contribution is -2.21. The van der Waals surface area contributed by atoms with E-state index in [-0.39, 0.29) is 11.5 Å². The Morgan fingerprint density at radius 3 is 2.76 bits per heavy atom. The lowest BCUT2D eigenvalue weighted by molar-refractivity contribution is 0.00919. The Labute approximate surface area is 103 Å². The predicted octanol–water partition coefficient (Wildman–Crippen LogP) is 2.40. The van der Waals surface area contributed by atoms with Crippen LogP contribution in [0.1, 0.15) is 51.2 Å². The number of aromatic nitrogens is 2. The van der Waals surface area contributed by atoms with E-state index in [1.54, 1.807) is 7.11 Å². The van der Waals surface area contributed by atoms with Crippen molar-refractivity contribution in [3.05, 3.63) is 17.7 Å². The molecule has 0 aromatic carbocycles. The average Bonchev–Trinajstić information content (AvgIpc) is 2.95. The van der Waals surface area contributed by atoms with Crippen LogP contribution < -0.4 is 5.32 Å². The molecule has 1 aromatic rings. The molecule has 0 saturated heterocycles. The lowest BCUT2D eigenvalue weighted by atomic mass is 9.88. The molecule has 2 rings (SSSR count). The minimum atomic E-state index is 0.0113. The predicted molar refractivity (Wildman–Crippen MR) is 67.7 cm³/mol. The minimum Gasteiger partial charge on any atom is -0.373 e. The smallest absolute Gasteiger partial charge is 0.136 e. The number of imidazole rings is 1. The Morgan fingerprint density at radius 1 is 1.53 bits per heavy atom. The SMILES string of the molecule is COC(c1ncc(CNC2CC2)[nH]1)C(C)(C)C. The molecule has 1 atom stereocenters. The van der Waals surface area contributed by atoms with Gasteiger partial charge >= 0.3 is 0 Å². The highest BCUT2D eigenvalue weighted by Gasteiger charge is 2.28. The standard InChI is InChI=1S/C13H23N3O/c1-13(2,3)11(17-4)12-15-8-10(16-12)7-14-9-5-6-9/h8-9,11,14H,5-7H2,1-4H3,(H,15,16). The molecular weight excluding hydrogens is 214 g/mol.